The van der Waals surface area contributed by atoms with E-state index in [1.165, 1.54) is 23.9 Å². The molecule has 2 aromatic rings. The summed E-state index contributed by atoms with van der Waals surface area (Å²) in [6.45, 7) is 1.89. The van der Waals surface area contributed by atoms with Crippen LogP contribution >= 0.6 is 11.8 Å². The number of nitrogens with one attached hydrogen (secondary N) is 1. The fourth-order valence-corrected chi connectivity index (χ4v) is 3.78. The molecule has 0 bridgehead atoms. The van der Waals surface area contributed by atoms with Gasteiger partial charge in [-0.05, 0) is 25.5 Å². The highest BCUT2D eigenvalue weighted by atomic mass is 32.2. The van der Waals surface area contributed by atoms with Gasteiger partial charge in [-0.3, -0.25) is 0 Å². The molecule has 1 aliphatic rings. The smallest absolute Gasteiger partial charge is 0.405 e. The van der Waals surface area contributed by atoms with Crippen LogP contribution in [-0.4, -0.2) is 34.2 Å². The van der Waals surface area contributed by atoms with Gasteiger partial charge < -0.3 is 14.6 Å². The summed E-state index contributed by atoms with van der Waals surface area (Å²) in [4.78, 5) is 0. The molecule has 1 atom stereocenters. The lowest BCUT2D eigenvalue weighted by atomic mass is 9.99. The van der Waals surface area contributed by atoms with E-state index in [0.29, 0.717) is 22.4 Å². The molecular formula is C16H19F3N4OS. The van der Waals surface area contributed by atoms with Gasteiger partial charge in [0.1, 0.15) is 11.6 Å². The molecule has 1 unspecified atom stereocenters. The first-order chi connectivity index (χ1) is 11.9. The lowest BCUT2D eigenvalue weighted by Gasteiger charge is -2.21. The summed E-state index contributed by atoms with van der Waals surface area (Å²) >= 11 is 1.35. The fraction of sp³-hybridized carbons (Fsp3) is 0.500. The average Bonchev–Trinajstić information content (AvgIpc) is 2.94. The van der Waals surface area contributed by atoms with Crippen molar-refractivity contribution in [3.63, 3.8) is 0 Å². The predicted octanol–water partition coefficient (Wildman–Crippen LogP) is 3.47. The van der Waals surface area contributed by atoms with Crippen molar-refractivity contribution in [1.29, 1.82) is 0 Å². The van der Waals surface area contributed by atoms with Crippen LogP contribution in [0.25, 0.3) is 0 Å². The van der Waals surface area contributed by atoms with Gasteiger partial charge in [-0.25, -0.2) is 0 Å². The molecule has 136 valence electrons. The number of benzene rings is 1. The molecule has 1 aromatic heterocycles. The first-order valence-electron chi connectivity index (χ1n) is 8.00. The van der Waals surface area contributed by atoms with Crippen molar-refractivity contribution in [3.8, 4) is 5.75 Å². The molecule has 2 heterocycles. The van der Waals surface area contributed by atoms with E-state index in [1.54, 1.807) is 12.1 Å². The number of hydrogen-bond donors (Lipinski definition) is 1. The number of alkyl halides is 3. The fourth-order valence-electron chi connectivity index (χ4n) is 2.87. The molecule has 1 fully saturated rings. The first kappa shape index (κ1) is 18.1. The number of nitrogens with zero attached hydrogens (tertiary/aromatic N) is 3. The zero-order valence-electron chi connectivity index (χ0n) is 13.7. The molecule has 0 radical (unpaired) electrons. The van der Waals surface area contributed by atoms with Gasteiger partial charge in [-0.15, -0.1) is 23.4 Å². The minimum atomic E-state index is -4.70. The summed E-state index contributed by atoms with van der Waals surface area (Å²) < 4.78 is 43.5. The number of hydrogen-bond acceptors (Lipinski definition) is 5. The Kier molecular flexibility index (Phi) is 5.53. The molecule has 1 aromatic carbocycles. The quantitative estimate of drug-likeness (QED) is 0.815. The number of thioether (sulfide) groups is 1. The van der Waals surface area contributed by atoms with Gasteiger partial charge in [0.2, 0.25) is 0 Å². The largest absolute Gasteiger partial charge is 0.573 e. The number of ether oxygens (including phenoxy) is 1. The number of para-hydroxylation sites is 1. The van der Waals surface area contributed by atoms with Crippen LogP contribution < -0.4 is 10.1 Å². The summed E-state index contributed by atoms with van der Waals surface area (Å²) in [5.41, 5.74) is 0.466. The standard InChI is InChI=1S/C16H19F3N4OS/c1-23-14(11-6-4-8-20-9-11)21-22-15(23)25-10-12-5-2-3-7-13(12)24-16(17,18)19/h2-3,5,7,11,20H,4,6,8-10H2,1H3. The lowest BCUT2D eigenvalue weighted by molar-refractivity contribution is -0.274. The zero-order valence-corrected chi connectivity index (χ0v) is 14.5. The maximum absolute atomic E-state index is 12.5. The van der Waals surface area contributed by atoms with Crippen LogP contribution in [0.1, 0.15) is 30.1 Å². The molecule has 0 aliphatic carbocycles. The van der Waals surface area contributed by atoms with Crippen molar-refractivity contribution in [1.82, 2.24) is 20.1 Å². The number of piperidine rings is 1. The topological polar surface area (TPSA) is 52.0 Å². The third-order valence-corrected chi connectivity index (χ3v) is 5.15. The Hall–Kier alpha value is -1.74. The van der Waals surface area contributed by atoms with Crippen molar-refractivity contribution >= 4 is 11.8 Å². The molecule has 0 saturated carbocycles. The Balaban J connectivity index is 1.69. The van der Waals surface area contributed by atoms with Gasteiger partial charge >= 0.3 is 6.36 Å². The zero-order chi connectivity index (χ0) is 17.9. The molecular weight excluding hydrogens is 353 g/mol. The first-order valence-corrected chi connectivity index (χ1v) is 8.99. The Labute approximate surface area is 148 Å². The maximum atomic E-state index is 12.5. The van der Waals surface area contributed by atoms with E-state index >= 15 is 0 Å². The molecule has 9 heteroatoms. The maximum Gasteiger partial charge on any atom is 0.573 e. The van der Waals surface area contributed by atoms with E-state index in [2.05, 4.69) is 20.3 Å². The van der Waals surface area contributed by atoms with Gasteiger partial charge in [0, 0.05) is 30.8 Å². The summed E-state index contributed by atoms with van der Waals surface area (Å²) in [7, 11) is 1.89. The highest BCUT2D eigenvalue weighted by molar-refractivity contribution is 7.98. The van der Waals surface area contributed by atoms with Crippen LogP contribution in [-0.2, 0) is 12.8 Å². The van der Waals surface area contributed by atoms with Crippen molar-refractivity contribution in [2.75, 3.05) is 13.1 Å². The van der Waals surface area contributed by atoms with Gasteiger partial charge in [0.25, 0.3) is 0 Å². The number of halogens is 3. The van der Waals surface area contributed by atoms with Crippen molar-refractivity contribution < 1.29 is 17.9 Å². The predicted molar refractivity (Wildman–Crippen MR) is 88.5 cm³/mol. The van der Waals surface area contributed by atoms with Crippen molar-refractivity contribution in [2.24, 2.45) is 7.05 Å². The van der Waals surface area contributed by atoms with Crippen LogP contribution in [0.2, 0.25) is 0 Å². The highest BCUT2D eigenvalue weighted by Gasteiger charge is 2.32. The molecule has 1 aliphatic heterocycles. The Morgan fingerprint density at radius 1 is 1.32 bits per heavy atom. The molecule has 1 N–H and O–H groups in total. The van der Waals surface area contributed by atoms with Gasteiger partial charge in [0.05, 0.1) is 0 Å². The highest BCUT2D eigenvalue weighted by Crippen LogP contribution is 2.31. The van der Waals surface area contributed by atoms with E-state index < -0.39 is 6.36 Å². The van der Waals surface area contributed by atoms with E-state index in [1.807, 2.05) is 11.6 Å². The Bertz CT molecular complexity index is 714. The van der Waals surface area contributed by atoms with Gasteiger partial charge in [0.15, 0.2) is 5.16 Å². The van der Waals surface area contributed by atoms with Crippen LogP contribution in [0.15, 0.2) is 29.4 Å². The second-order valence-corrected chi connectivity index (χ2v) is 6.83. The number of aromatic nitrogens is 3. The molecule has 25 heavy (non-hydrogen) atoms. The molecule has 0 spiro atoms. The average molecular weight is 372 g/mol. The van der Waals surface area contributed by atoms with Crippen molar-refractivity contribution in [3.05, 3.63) is 35.7 Å². The third-order valence-electron chi connectivity index (χ3n) is 4.09. The minimum absolute atomic E-state index is 0.179. The van der Waals surface area contributed by atoms with Crippen LogP contribution in [0.5, 0.6) is 5.75 Å². The Morgan fingerprint density at radius 3 is 2.84 bits per heavy atom. The summed E-state index contributed by atoms with van der Waals surface area (Å²) in [5, 5.41) is 12.5. The molecule has 0 amide bonds. The lowest BCUT2D eigenvalue weighted by Crippen LogP contribution is -2.29. The van der Waals surface area contributed by atoms with Gasteiger partial charge in [-0.2, -0.15) is 0 Å². The Morgan fingerprint density at radius 2 is 2.12 bits per heavy atom. The van der Waals surface area contributed by atoms with Crippen LogP contribution in [0.4, 0.5) is 13.2 Å². The third kappa shape index (κ3) is 4.66. The minimum Gasteiger partial charge on any atom is -0.405 e. The molecule has 3 rings (SSSR count). The van der Waals surface area contributed by atoms with Crippen molar-refractivity contribution in [2.45, 2.75) is 36.0 Å². The van der Waals surface area contributed by atoms with Gasteiger partial charge in [-0.1, -0.05) is 30.0 Å². The molecule has 1 saturated heterocycles. The summed E-state index contributed by atoms with van der Waals surface area (Å²) in [6, 6.07) is 6.15. The summed E-state index contributed by atoms with van der Waals surface area (Å²) in [6.07, 6.45) is -2.54. The van der Waals surface area contributed by atoms with E-state index in [4.69, 9.17) is 0 Å². The van der Waals surface area contributed by atoms with Crippen LogP contribution in [0.3, 0.4) is 0 Å². The normalized spacial score (nSPS) is 18.3. The molecule has 5 nitrogen and oxygen atoms in total. The monoisotopic (exact) mass is 372 g/mol. The van der Waals surface area contributed by atoms with E-state index in [-0.39, 0.29) is 5.75 Å². The van der Waals surface area contributed by atoms with E-state index in [9.17, 15) is 13.2 Å². The second-order valence-electron chi connectivity index (χ2n) is 5.89. The summed E-state index contributed by atoms with van der Waals surface area (Å²) in [5.74, 6) is 1.37. The number of rotatable bonds is 5. The van der Waals surface area contributed by atoms with Crippen LogP contribution in [0, 0.1) is 0 Å². The van der Waals surface area contributed by atoms with E-state index in [0.717, 1.165) is 31.8 Å². The SMILES string of the molecule is Cn1c(SCc2ccccc2OC(F)(F)F)nnc1C1CCCNC1. The second kappa shape index (κ2) is 7.65.